The van der Waals surface area contributed by atoms with E-state index in [2.05, 4.69) is 0 Å². The third-order valence-corrected chi connectivity index (χ3v) is 2.54. The summed E-state index contributed by atoms with van der Waals surface area (Å²) in [7, 11) is 3.70. The Kier molecular flexibility index (Phi) is 5.32. The zero-order chi connectivity index (χ0) is 14.4. The number of phenolic OH excluding ortho intramolecular Hbond substituents is 1. The number of hydrogen-bond acceptors (Lipinski definition) is 4. The third-order valence-electron chi connectivity index (χ3n) is 2.54. The Labute approximate surface area is 111 Å². The Morgan fingerprint density at radius 2 is 1.68 bits per heavy atom. The van der Waals surface area contributed by atoms with E-state index in [0.717, 1.165) is 0 Å². The van der Waals surface area contributed by atoms with E-state index in [4.69, 9.17) is 5.11 Å². The molecule has 0 spiro atoms. The molecule has 0 bridgehead atoms. The summed E-state index contributed by atoms with van der Waals surface area (Å²) >= 11 is 0. The van der Waals surface area contributed by atoms with Crippen molar-refractivity contribution in [1.82, 2.24) is 9.80 Å². The van der Waals surface area contributed by atoms with Crippen LogP contribution in [0.25, 0.3) is 0 Å². The van der Waals surface area contributed by atoms with E-state index in [1.165, 1.54) is 29.2 Å². The fourth-order valence-electron chi connectivity index (χ4n) is 1.52. The Hall–Kier alpha value is -2.08. The van der Waals surface area contributed by atoms with E-state index in [9.17, 15) is 14.7 Å². The number of carboxylic acids is 1. The van der Waals surface area contributed by atoms with Gasteiger partial charge in [-0.25, -0.2) is 0 Å². The van der Waals surface area contributed by atoms with Gasteiger partial charge in [0, 0.05) is 18.7 Å². The number of hydrogen-bond donors (Lipinski definition) is 2. The van der Waals surface area contributed by atoms with Gasteiger partial charge in [-0.1, -0.05) is 0 Å². The van der Waals surface area contributed by atoms with Crippen molar-refractivity contribution in [3.63, 3.8) is 0 Å². The third kappa shape index (κ3) is 4.97. The highest BCUT2D eigenvalue weighted by molar-refractivity contribution is 5.95. The molecule has 0 aliphatic heterocycles. The van der Waals surface area contributed by atoms with Crippen molar-refractivity contribution < 1.29 is 19.8 Å². The van der Waals surface area contributed by atoms with Crippen LogP contribution in [0.2, 0.25) is 0 Å². The molecule has 0 aliphatic rings. The molecule has 1 aromatic rings. The van der Waals surface area contributed by atoms with Crippen LogP contribution in [0.3, 0.4) is 0 Å². The summed E-state index contributed by atoms with van der Waals surface area (Å²) in [5.74, 6) is -1.34. The first-order chi connectivity index (χ1) is 8.90. The van der Waals surface area contributed by atoms with E-state index in [1.54, 1.807) is 0 Å². The van der Waals surface area contributed by atoms with Gasteiger partial charge in [-0.05, 0) is 38.4 Å². The van der Waals surface area contributed by atoms with E-state index in [-0.39, 0.29) is 18.2 Å². The minimum Gasteiger partial charge on any atom is -0.508 e. The molecule has 1 aromatic carbocycles. The molecule has 0 saturated carbocycles. The summed E-state index contributed by atoms with van der Waals surface area (Å²) in [5, 5.41) is 18.0. The number of aromatic hydroxyl groups is 1. The predicted molar refractivity (Wildman–Crippen MR) is 70.2 cm³/mol. The Bertz CT molecular complexity index is 442. The van der Waals surface area contributed by atoms with E-state index < -0.39 is 5.97 Å². The van der Waals surface area contributed by atoms with Crippen LogP contribution < -0.4 is 0 Å². The van der Waals surface area contributed by atoms with Gasteiger partial charge in [0.1, 0.15) is 12.3 Å². The summed E-state index contributed by atoms with van der Waals surface area (Å²) in [6.45, 7) is 0.573. The molecule has 0 atom stereocenters. The first kappa shape index (κ1) is 15.0. The summed E-state index contributed by atoms with van der Waals surface area (Å²) in [5.41, 5.74) is 0.359. The number of phenols is 1. The lowest BCUT2D eigenvalue weighted by molar-refractivity contribution is -0.137. The molecular weight excluding hydrogens is 248 g/mol. The lowest BCUT2D eigenvalue weighted by Crippen LogP contribution is -2.40. The second kappa shape index (κ2) is 6.75. The summed E-state index contributed by atoms with van der Waals surface area (Å²) in [4.78, 5) is 26.1. The molecule has 104 valence electrons. The maximum Gasteiger partial charge on any atom is 0.323 e. The highest BCUT2D eigenvalue weighted by Gasteiger charge is 2.18. The predicted octanol–water partition coefficient (Wildman–Crippen LogP) is 0.481. The number of carbonyl (C=O) groups is 2. The van der Waals surface area contributed by atoms with Crippen LogP contribution in [-0.2, 0) is 4.79 Å². The molecule has 1 rings (SSSR count). The quantitative estimate of drug-likeness (QED) is 0.782. The number of nitrogens with zero attached hydrogens (tertiary/aromatic N) is 2. The van der Waals surface area contributed by atoms with Crippen LogP contribution in [0, 0.1) is 0 Å². The first-order valence-corrected chi connectivity index (χ1v) is 5.85. The maximum atomic E-state index is 12.2. The van der Waals surface area contributed by atoms with Crippen molar-refractivity contribution in [2.75, 3.05) is 33.7 Å². The summed E-state index contributed by atoms with van der Waals surface area (Å²) in [6, 6.07) is 5.75. The average molecular weight is 266 g/mol. The zero-order valence-electron chi connectivity index (χ0n) is 11.0. The van der Waals surface area contributed by atoms with Gasteiger partial charge < -0.3 is 20.0 Å². The highest BCUT2D eigenvalue weighted by atomic mass is 16.4. The molecule has 0 radical (unpaired) electrons. The Balaban J connectivity index is 2.80. The molecule has 2 N–H and O–H groups in total. The van der Waals surface area contributed by atoms with Gasteiger partial charge in [0.25, 0.3) is 5.91 Å². The van der Waals surface area contributed by atoms with E-state index >= 15 is 0 Å². The molecule has 0 fully saturated rings. The van der Waals surface area contributed by atoms with Crippen LogP contribution >= 0.6 is 0 Å². The van der Waals surface area contributed by atoms with Gasteiger partial charge >= 0.3 is 5.97 Å². The van der Waals surface area contributed by atoms with Crippen LogP contribution in [0.15, 0.2) is 24.3 Å². The van der Waals surface area contributed by atoms with Crippen molar-refractivity contribution in [2.24, 2.45) is 0 Å². The van der Waals surface area contributed by atoms with Gasteiger partial charge in [0.05, 0.1) is 0 Å². The largest absolute Gasteiger partial charge is 0.508 e. The fraction of sp³-hybridized carbons (Fsp3) is 0.385. The number of carboxylic acid groups (broad SMARTS) is 1. The Morgan fingerprint density at radius 3 is 2.16 bits per heavy atom. The van der Waals surface area contributed by atoms with Gasteiger partial charge in [-0.3, -0.25) is 9.59 Å². The van der Waals surface area contributed by atoms with Crippen LogP contribution in [-0.4, -0.2) is 65.6 Å². The summed E-state index contributed by atoms with van der Waals surface area (Å²) < 4.78 is 0. The molecule has 6 nitrogen and oxygen atoms in total. The molecule has 19 heavy (non-hydrogen) atoms. The molecule has 0 aliphatic carbocycles. The summed E-state index contributed by atoms with van der Waals surface area (Å²) in [6.07, 6.45) is 0. The van der Waals surface area contributed by atoms with Crippen molar-refractivity contribution in [2.45, 2.75) is 0 Å². The minimum atomic E-state index is -1.05. The lowest BCUT2D eigenvalue weighted by atomic mass is 10.2. The molecule has 0 aromatic heterocycles. The first-order valence-electron chi connectivity index (χ1n) is 5.85. The standard InChI is InChI=1S/C13H18N2O4/c1-14(2)7-8-15(9-12(17)18)13(19)10-3-5-11(16)6-4-10/h3-6,16H,7-9H2,1-2H3,(H,17,18). The number of aliphatic carboxylic acids is 1. The average Bonchev–Trinajstić information content (AvgIpc) is 2.34. The van der Waals surface area contributed by atoms with Crippen LogP contribution in [0.5, 0.6) is 5.75 Å². The van der Waals surface area contributed by atoms with Crippen molar-refractivity contribution in [3.8, 4) is 5.75 Å². The second-order valence-corrected chi connectivity index (χ2v) is 4.47. The second-order valence-electron chi connectivity index (χ2n) is 4.47. The zero-order valence-corrected chi connectivity index (χ0v) is 11.0. The van der Waals surface area contributed by atoms with Gasteiger partial charge in [-0.2, -0.15) is 0 Å². The number of rotatable bonds is 6. The Morgan fingerprint density at radius 1 is 1.11 bits per heavy atom. The monoisotopic (exact) mass is 266 g/mol. The van der Waals surface area contributed by atoms with Crippen molar-refractivity contribution in [1.29, 1.82) is 0 Å². The molecule has 0 unspecified atom stereocenters. The normalized spacial score (nSPS) is 10.5. The molecule has 0 heterocycles. The highest BCUT2D eigenvalue weighted by Crippen LogP contribution is 2.11. The number of likely N-dealkylation sites (N-methyl/N-ethyl adjacent to an activating group) is 1. The van der Waals surface area contributed by atoms with Gasteiger partial charge in [0.2, 0.25) is 0 Å². The van der Waals surface area contributed by atoms with Crippen molar-refractivity contribution in [3.05, 3.63) is 29.8 Å². The topological polar surface area (TPSA) is 81.1 Å². The molecular formula is C13H18N2O4. The minimum absolute atomic E-state index is 0.0645. The molecule has 6 heteroatoms. The molecule has 0 saturated heterocycles. The van der Waals surface area contributed by atoms with Gasteiger partial charge in [0.15, 0.2) is 0 Å². The number of carbonyl (C=O) groups excluding carboxylic acids is 1. The van der Waals surface area contributed by atoms with Gasteiger partial charge in [-0.15, -0.1) is 0 Å². The maximum absolute atomic E-state index is 12.2. The number of amides is 1. The fourth-order valence-corrected chi connectivity index (χ4v) is 1.52. The number of benzene rings is 1. The molecule has 1 amide bonds. The van der Waals surface area contributed by atoms with Crippen LogP contribution in [0.1, 0.15) is 10.4 Å². The van der Waals surface area contributed by atoms with E-state index in [1.807, 2.05) is 19.0 Å². The lowest BCUT2D eigenvalue weighted by Gasteiger charge is -2.22. The smallest absolute Gasteiger partial charge is 0.323 e. The van der Waals surface area contributed by atoms with Crippen molar-refractivity contribution >= 4 is 11.9 Å². The van der Waals surface area contributed by atoms with E-state index in [0.29, 0.717) is 18.7 Å². The SMILES string of the molecule is CN(C)CCN(CC(=O)O)C(=O)c1ccc(O)cc1. The van der Waals surface area contributed by atoms with Crippen LogP contribution in [0.4, 0.5) is 0 Å².